The smallest absolute Gasteiger partial charge is 0.410 e. The number of carbonyl (C=O) groups excluding carboxylic acids is 2. The van der Waals surface area contributed by atoms with Gasteiger partial charge >= 0.3 is 6.09 Å². The van der Waals surface area contributed by atoms with Crippen LogP contribution >= 0.6 is 0 Å². The molecule has 4 aliphatic rings. The summed E-state index contributed by atoms with van der Waals surface area (Å²) in [5, 5.41) is 0. The predicted octanol–water partition coefficient (Wildman–Crippen LogP) is 5.87. The molecule has 0 N–H and O–H groups in total. The molecule has 5 heterocycles. The summed E-state index contributed by atoms with van der Waals surface area (Å²) < 4.78 is 8.31. The second kappa shape index (κ2) is 13.8. The lowest BCUT2D eigenvalue weighted by atomic mass is 9.75. The lowest BCUT2D eigenvalue weighted by Gasteiger charge is -2.52. The second-order valence-electron chi connectivity index (χ2n) is 14.2. The van der Waals surface area contributed by atoms with Gasteiger partial charge in [0.25, 0.3) is 5.91 Å². The number of aryl methyl sites for hydroxylation is 3. The molecule has 4 fully saturated rings. The van der Waals surface area contributed by atoms with Gasteiger partial charge in [-0.15, -0.1) is 0 Å². The molecule has 1 unspecified atom stereocenters. The van der Waals surface area contributed by atoms with Gasteiger partial charge < -0.3 is 14.5 Å². The third-order valence-electron chi connectivity index (χ3n) is 11.3. The minimum atomic E-state index is -0.320. The molecule has 3 aliphatic heterocycles. The van der Waals surface area contributed by atoms with Crippen LogP contribution in [0.3, 0.4) is 0 Å². The number of aromatic nitrogens is 4. The maximum atomic E-state index is 13.7. The first kappa shape index (κ1) is 32.0. The van der Waals surface area contributed by atoms with Gasteiger partial charge in [-0.05, 0) is 58.8 Å². The van der Waals surface area contributed by atoms with Gasteiger partial charge in [-0.25, -0.2) is 19.7 Å². The van der Waals surface area contributed by atoms with Crippen molar-refractivity contribution < 1.29 is 14.3 Å². The number of imidazole rings is 1. The Kier molecular flexibility index (Phi) is 9.78. The SMILES string of the molecule is CCCCC1CN(CC2CCCCC2)C(=O)OC12CCN(C1CCN(C(=O)c3c(C)nc(-n4ccnc4C)nc3C)CC1)CC2. The summed E-state index contributed by atoms with van der Waals surface area (Å²) in [4.78, 5) is 47.2. The Bertz CT molecular complexity index is 1310. The van der Waals surface area contributed by atoms with Crippen molar-refractivity contribution in [3.8, 4) is 5.95 Å². The first-order valence-corrected chi connectivity index (χ1v) is 17.6. The third kappa shape index (κ3) is 6.76. The number of likely N-dealkylation sites (tertiary alicyclic amines) is 2. The van der Waals surface area contributed by atoms with Gasteiger partial charge in [0.2, 0.25) is 5.95 Å². The highest BCUT2D eigenvalue weighted by atomic mass is 16.6. The number of piperidine rings is 2. The van der Waals surface area contributed by atoms with Crippen molar-refractivity contribution in [2.24, 2.45) is 11.8 Å². The van der Waals surface area contributed by atoms with Crippen molar-refractivity contribution in [3.05, 3.63) is 35.2 Å². The Labute approximate surface area is 268 Å². The largest absolute Gasteiger partial charge is 0.442 e. The Morgan fingerprint density at radius 1 is 0.978 bits per heavy atom. The molecule has 1 spiro atoms. The van der Waals surface area contributed by atoms with Crippen molar-refractivity contribution in [2.45, 2.75) is 116 Å². The molecule has 0 bridgehead atoms. The number of unbranched alkanes of at least 4 members (excludes halogenated alkanes) is 1. The maximum Gasteiger partial charge on any atom is 0.410 e. The molecular formula is C35H53N7O3. The first-order chi connectivity index (χ1) is 21.8. The zero-order valence-corrected chi connectivity index (χ0v) is 28.0. The van der Waals surface area contributed by atoms with Crippen molar-refractivity contribution in [3.63, 3.8) is 0 Å². The molecule has 45 heavy (non-hydrogen) atoms. The van der Waals surface area contributed by atoms with Gasteiger partial charge in [0.05, 0.1) is 17.0 Å². The topological polar surface area (TPSA) is 96.7 Å². The predicted molar refractivity (Wildman–Crippen MR) is 173 cm³/mol. The molecule has 2 amide bonds. The van der Waals surface area contributed by atoms with Crippen LogP contribution in [0.5, 0.6) is 0 Å². The van der Waals surface area contributed by atoms with Crippen molar-refractivity contribution >= 4 is 12.0 Å². The third-order valence-corrected chi connectivity index (χ3v) is 11.3. The average molecular weight is 620 g/mol. The molecule has 1 aliphatic carbocycles. The number of nitrogens with zero attached hydrogens (tertiary/aromatic N) is 7. The zero-order chi connectivity index (χ0) is 31.6. The fraction of sp³-hybridized carbons (Fsp3) is 0.743. The summed E-state index contributed by atoms with van der Waals surface area (Å²) in [6.45, 7) is 13.1. The van der Waals surface area contributed by atoms with E-state index in [9.17, 15) is 9.59 Å². The monoisotopic (exact) mass is 619 g/mol. The molecule has 2 aromatic heterocycles. The number of hydrogen-bond acceptors (Lipinski definition) is 7. The fourth-order valence-electron chi connectivity index (χ4n) is 8.54. The zero-order valence-electron chi connectivity index (χ0n) is 28.0. The van der Waals surface area contributed by atoms with Gasteiger partial charge in [-0.2, -0.15) is 0 Å². The average Bonchev–Trinajstić information content (AvgIpc) is 3.48. The molecule has 0 radical (unpaired) electrons. The molecule has 1 saturated carbocycles. The van der Waals surface area contributed by atoms with E-state index in [4.69, 9.17) is 4.74 Å². The molecule has 0 aromatic carbocycles. The van der Waals surface area contributed by atoms with Gasteiger partial charge in [0, 0.05) is 76.5 Å². The standard InChI is InChI=1S/C35H53N7O3/c1-5-6-12-29-24-41(23-28-10-8-7-9-11-28)34(44)45-35(29)15-20-39(21-16-35)30-13-18-40(19-14-30)32(43)31-25(2)37-33(38-26(31)3)42-22-17-36-27(42)4/h17,22,28-30H,5-16,18-21,23-24H2,1-4H3. The fourth-order valence-corrected chi connectivity index (χ4v) is 8.54. The van der Waals surface area contributed by atoms with Crippen LogP contribution in [0.2, 0.25) is 0 Å². The highest BCUT2D eigenvalue weighted by molar-refractivity contribution is 5.96. The molecule has 246 valence electrons. The van der Waals surface area contributed by atoms with Crippen LogP contribution < -0.4 is 0 Å². The summed E-state index contributed by atoms with van der Waals surface area (Å²) in [5.41, 5.74) is 1.70. The number of carbonyl (C=O) groups is 2. The summed E-state index contributed by atoms with van der Waals surface area (Å²) >= 11 is 0. The summed E-state index contributed by atoms with van der Waals surface area (Å²) in [5.74, 6) is 2.45. The number of ether oxygens (including phenoxy) is 1. The second-order valence-corrected chi connectivity index (χ2v) is 14.2. The van der Waals surface area contributed by atoms with Gasteiger partial charge in [-0.1, -0.05) is 39.0 Å². The Hall–Kier alpha value is -3.01. The van der Waals surface area contributed by atoms with Crippen molar-refractivity contribution in [2.75, 3.05) is 39.3 Å². The normalized spacial score (nSPS) is 23.5. The summed E-state index contributed by atoms with van der Waals surface area (Å²) in [6.07, 6.45) is 17.2. The van der Waals surface area contributed by atoms with E-state index in [2.05, 4.69) is 31.7 Å². The highest BCUT2D eigenvalue weighted by Crippen LogP contribution is 2.42. The number of amides is 2. The van der Waals surface area contributed by atoms with E-state index in [1.165, 1.54) is 44.9 Å². The van der Waals surface area contributed by atoms with Gasteiger partial charge in [0.15, 0.2) is 0 Å². The minimum Gasteiger partial charge on any atom is -0.442 e. The molecule has 2 aromatic rings. The van der Waals surface area contributed by atoms with Gasteiger partial charge in [-0.3, -0.25) is 14.3 Å². The van der Waals surface area contributed by atoms with Crippen LogP contribution in [-0.4, -0.2) is 97.1 Å². The minimum absolute atomic E-state index is 0.0283. The van der Waals surface area contributed by atoms with Crippen LogP contribution in [0.25, 0.3) is 5.95 Å². The van der Waals surface area contributed by atoms with E-state index in [-0.39, 0.29) is 17.6 Å². The molecule has 1 atom stereocenters. The Balaban J connectivity index is 1.04. The number of hydrogen-bond donors (Lipinski definition) is 0. The number of rotatable bonds is 8. The van der Waals surface area contributed by atoms with Crippen LogP contribution in [0.15, 0.2) is 12.4 Å². The first-order valence-electron chi connectivity index (χ1n) is 17.6. The van der Waals surface area contributed by atoms with E-state index in [1.54, 1.807) is 6.20 Å². The summed E-state index contributed by atoms with van der Waals surface area (Å²) in [6, 6.07) is 0.451. The van der Waals surface area contributed by atoms with Crippen LogP contribution in [-0.2, 0) is 4.74 Å². The quantitative estimate of drug-likeness (QED) is 0.365. The Morgan fingerprint density at radius 2 is 1.67 bits per heavy atom. The van der Waals surface area contributed by atoms with Crippen LogP contribution in [0.1, 0.15) is 112 Å². The molecule has 10 heteroatoms. The van der Waals surface area contributed by atoms with E-state index in [0.29, 0.717) is 40.8 Å². The van der Waals surface area contributed by atoms with E-state index >= 15 is 0 Å². The Morgan fingerprint density at radius 3 is 2.29 bits per heavy atom. The highest BCUT2D eigenvalue weighted by Gasteiger charge is 2.50. The molecular weight excluding hydrogens is 566 g/mol. The lowest BCUT2D eigenvalue weighted by Crippen LogP contribution is -2.61. The lowest BCUT2D eigenvalue weighted by molar-refractivity contribution is -0.127. The summed E-state index contributed by atoms with van der Waals surface area (Å²) in [7, 11) is 0. The maximum absolute atomic E-state index is 13.7. The van der Waals surface area contributed by atoms with E-state index in [1.807, 2.05) is 36.4 Å². The van der Waals surface area contributed by atoms with Gasteiger partial charge in [0.1, 0.15) is 11.4 Å². The molecule has 3 saturated heterocycles. The van der Waals surface area contributed by atoms with Crippen LogP contribution in [0.4, 0.5) is 4.79 Å². The molecule has 6 rings (SSSR count). The van der Waals surface area contributed by atoms with E-state index < -0.39 is 0 Å². The van der Waals surface area contributed by atoms with Crippen LogP contribution in [0, 0.1) is 32.6 Å². The van der Waals surface area contributed by atoms with E-state index in [0.717, 1.165) is 77.2 Å². The molecule has 10 nitrogen and oxygen atoms in total. The van der Waals surface area contributed by atoms with Crippen molar-refractivity contribution in [1.82, 2.24) is 34.2 Å². The van der Waals surface area contributed by atoms with Crippen molar-refractivity contribution in [1.29, 1.82) is 0 Å².